The van der Waals surface area contributed by atoms with Crippen LogP contribution >= 0.6 is 11.6 Å². The Bertz CT molecular complexity index is 519. The molecule has 1 saturated heterocycles. The van der Waals surface area contributed by atoms with Crippen LogP contribution in [0.2, 0.25) is 5.02 Å². The summed E-state index contributed by atoms with van der Waals surface area (Å²) in [5.41, 5.74) is 0.210. The summed E-state index contributed by atoms with van der Waals surface area (Å²) < 4.78 is 13.0. The molecule has 1 aromatic rings. The Labute approximate surface area is 135 Å². The first-order valence-electron chi connectivity index (χ1n) is 7.59. The zero-order valence-corrected chi connectivity index (χ0v) is 13.4. The van der Waals surface area contributed by atoms with Gasteiger partial charge in [-0.25, -0.2) is 4.39 Å². The number of rotatable bonds is 5. The Kier molecular flexibility index (Phi) is 6.17. The normalized spacial score (nSPS) is 18.2. The average molecular weight is 329 g/mol. The maximum absolute atomic E-state index is 13.0. The van der Waals surface area contributed by atoms with Crippen molar-refractivity contribution in [2.75, 3.05) is 26.2 Å². The number of aliphatic hydroxyl groups excluding tert-OH is 1. The molecule has 122 valence electrons. The number of likely N-dealkylation sites (tertiary alicyclic amines) is 1. The number of β-amino-alcohol motifs (C(OH)–C–C–N with tert-alkyl or cyclic N) is 1. The fourth-order valence-corrected chi connectivity index (χ4v) is 2.84. The molecule has 0 spiro atoms. The smallest absolute Gasteiger partial charge is 0.252 e. The number of nitrogens with zero attached hydrogens (tertiary/aromatic N) is 1. The van der Waals surface area contributed by atoms with E-state index in [4.69, 9.17) is 11.6 Å². The Morgan fingerprint density at radius 1 is 1.50 bits per heavy atom. The van der Waals surface area contributed by atoms with Gasteiger partial charge in [-0.05, 0) is 50.0 Å². The molecule has 0 aliphatic carbocycles. The highest BCUT2D eigenvalue weighted by Gasteiger charge is 2.19. The Hall–Kier alpha value is -1.17. The van der Waals surface area contributed by atoms with Crippen molar-refractivity contribution < 1.29 is 14.3 Å². The van der Waals surface area contributed by atoms with Crippen molar-refractivity contribution in [2.45, 2.75) is 25.9 Å². The van der Waals surface area contributed by atoms with Crippen molar-refractivity contribution in [3.05, 3.63) is 34.6 Å². The van der Waals surface area contributed by atoms with E-state index in [0.717, 1.165) is 37.9 Å². The van der Waals surface area contributed by atoms with Crippen LogP contribution in [0.4, 0.5) is 4.39 Å². The minimum Gasteiger partial charge on any atom is -0.390 e. The van der Waals surface area contributed by atoms with Gasteiger partial charge in [0.05, 0.1) is 16.7 Å². The largest absolute Gasteiger partial charge is 0.390 e. The molecule has 0 saturated carbocycles. The highest BCUT2D eigenvalue weighted by molar-refractivity contribution is 6.33. The van der Waals surface area contributed by atoms with Crippen molar-refractivity contribution in [1.82, 2.24) is 10.2 Å². The molecule has 1 atom stereocenters. The average Bonchev–Trinajstić information content (AvgIpc) is 2.47. The minimum absolute atomic E-state index is 0.0667. The van der Waals surface area contributed by atoms with E-state index < -0.39 is 17.8 Å². The molecule has 4 nitrogen and oxygen atoms in total. The lowest BCUT2D eigenvalue weighted by atomic mass is 9.99. The number of hydrogen-bond acceptors (Lipinski definition) is 3. The van der Waals surface area contributed by atoms with E-state index >= 15 is 0 Å². The second-order valence-electron chi connectivity index (χ2n) is 5.97. The molecule has 1 aliphatic rings. The van der Waals surface area contributed by atoms with Crippen LogP contribution in [-0.2, 0) is 0 Å². The van der Waals surface area contributed by atoms with Gasteiger partial charge in [-0.2, -0.15) is 0 Å². The fourth-order valence-electron chi connectivity index (χ4n) is 2.59. The fraction of sp³-hybridized carbons (Fsp3) is 0.562. The van der Waals surface area contributed by atoms with Crippen LogP contribution in [0.25, 0.3) is 0 Å². The Morgan fingerprint density at radius 3 is 2.82 bits per heavy atom. The minimum atomic E-state index is -0.628. The summed E-state index contributed by atoms with van der Waals surface area (Å²) in [6, 6.07) is 3.62. The van der Waals surface area contributed by atoms with Gasteiger partial charge < -0.3 is 15.3 Å². The Balaban J connectivity index is 1.78. The number of nitrogens with one attached hydrogen (secondary N) is 1. The first-order valence-corrected chi connectivity index (χ1v) is 7.97. The molecule has 2 rings (SSSR count). The van der Waals surface area contributed by atoms with Gasteiger partial charge in [-0.1, -0.05) is 18.5 Å². The molecule has 1 amide bonds. The van der Waals surface area contributed by atoms with E-state index in [1.54, 1.807) is 0 Å². The number of halogens is 2. The number of piperidine rings is 1. The van der Waals surface area contributed by atoms with Crippen molar-refractivity contribution >= 4 is 17.5 Å². The van der Waals surface area contributed by atoms with Gasteiger partial charge in [0, 0.05) is 13.1 Å². The van der Waals surface area contributed by atoms with Gasteiger partial charge in [0.2, 0.25) is 0 Å². The predicted octanol–water partition coefficient (Wildman–Crippen LogP) is 2.30. The van der Waals surface area contributed by atoms with Crippen LogP contribution in [0.3, 0.4) is 0 Å². The van der Waals surface area contributed by atoms with E-state index in [9.17, 15) is 14.3 Å². The summed E-state index contributed by atoms with van der Waals surface area (Å²) in [5, 5.41) is 12.7. The summed E-state index contributed by atoms with van der Waals surface area (Å²) >= 11 is 5.84. The number of carbonyl (C=O) groups is 1. The van der Waals surface area contributed by atoms with Gasteiger partial charge in [0.15, 0.2) is 0 Å². The maximum Gasteiger partial charge on any atom is 0.252 e. The molecule has 0 aromatic heterocycles. The van der Waals surface area contributed by atoms with E-state index in [0.29, 0.717) is 6.54 Å². The summed E-state index contributed by atoms with van der Waals surface area (Å²) in [6.07, 6.45) is 1.66. The molecule has 0 radical (unpaired) electrons. The zero-order chi connectivity index (χ0) is 16.1. The number of benzene rings is 1. The SMILES string of the molecule is CC1CCN(CC(O)CNC(=O)c2ccc(F)cc2Cl)CC1. The summed E-state index contributed by atoms with van der Waals surface area (Å²) in [7, 11) is 0. The van der Waals surface area contributed by atoms with Gasteiger partial charge >= 0.3 is 0 Å². The lowest BCUT2D eigenvalue weighted by molar-refractivity contribution is 0.0795. The van der Waals surface area contributed by atoms with E-state index in [-0.39, 0.29) is 17.1 Å². The van der Waals surface area contributed by atoms with Gasteiger partial charge in [-0.3, -0.25) is 4.79 Å². The van der Waals surface area contributed by atoms with E-state index in [1.165, 1.54) is 12.1 Å². The molecule has 6 heteroatoms. The van der Waals surface area contributed by atoms with Crippen LogP contribution in [0.15, 0.2) is 18.2 Å². The number of aliphatic hydroxyl groups is 1. The highest BCUT2D eigenvalue weighted by atomic mass is 35.5. The van der Waals surface area contributed by atoms with Crippen molar-refractivity contribution in [2.24, 2.45) is 5.92 Å². The van der Waals surface area contributed by atoms with Crippen LogP contribution < -0.4 is 5.32 Å². The quantitative estimate of drug-likeness (QED) is 0.872. The molecular formula is C16H22ClFN2O2. The van der Waals surface area contributed by atoms with Gasteiger partial charge in [0.1, 0.15) is 5.82 Å². The monoisotopic (exact) mass is 328 g/mol. The molecule has 0 bridgehead atoms. The zero-order valence-electron chi connectivity index (χ0n) is 12.7. The first-order chi connectivity index (χ1) is 10.5. The van der Waals surface area contributed by atoms with Crippen LogP contribution in [0.1, 0.15) is 30.1 Å². The summed E-state index contributed by atoms with van der Waals surface area (Å²) in [6.45, 7) is 4.90. The summed E-state index contributed by atoms with van der Waals surface area (Å²) in [4.78, 5) is 14.2. The first kappa shape index (κ1) is 17.2. The molecule has 1 aromatic carbocycles. The Morgan fingerprint density at radius 2 is 2.18 bits per heavy atom. The van der Waals surface area contributed by atoms with Gasteiger partial charge in [-0.15, -0.1) is 0 Å². The lowest BCUT2D eigenvalue weighted by Crippen LogP contribution is -2.43. The topological polar surface area (TPSA) is 52.6 Å². The van der Waals surface area contributed by atoms with Crippen LogP contribution in [0.5, 0.6) is 0 Å². The molecular weight excluding hydrogens is 307 g/mol. The summed E-state index contributed by atoms with van der Waals surface area (Å²) in [5.74, 6) is -0.147. The number of hydrogen-bond donors (Lipinski definition) is 2. The third kappa shape index (κ3) is 4.93. The second kappa shape index (κ2) is 7.90. The van der Waals surface area contributed by atoms with Crippen molar-refractivity contribution in [1.29, 1.82) is 0 Å². The highest BCUT2D eigenvalue weighted by Crippen LogP contribution is 2.17. The van der Waals surface area contributed by atoms with E-state index in [1.807, 2.05) is 0 Å². The van der Waals surface area contributed by atoms with Crippen LogP contribution in [0, 0.1) is 11.7 Å². The third-order valence-corrected chi connectivity index (χ3v) is 4.33. The third-order valence-electron chi connectivity index (χ3n) is 4.02. The molecule has 22 heavy (non-hydrogen) atoms. The molecule has 1 heterocycles. The van der Waals surface area contributed by atoms with Gasteiger partial charge in [0.25, 0.3) is 5.91 Å². The molecule has 1 fully saturated rings. The second-order valence-corrected chi connectivity index (χ2v) is 6.38. The standard InChI is InChI=1S/C16H22ClFN2O2/c1-11-4-6-20(7-5-11)10-13(21)9-19-16(22)14-3-2-12(18)8-15(14)17/h2-3,8,11,13,21H,4-7,9-10H2,1H3,(H,19,22). The van der Waals surface area contributed by atoms with Crippen molar-refractivity contribution in [3.8, 4) is 0 Å². The molecule has 2 N–H and O–H groups in total. The molecule has 1 aliphatic heterocycles. The maximum atomic E-state index is 13.0. The predicted molar refractivity (Wildman–Crippen MR) is 84.6 cm³/mol. The van der Waals surface area contributed by atoms with E-state index in [2.05, 4.69) is 17.1 Å². The number of amides is 1. The lowest BCUT2D eigenvalue weighted by Gasteiger charge is -2.31. The number of carbonyl (C=O) groups excluding carboxylic acids is 1. The van der Waals surface area contributed by atoms with Crippen LogP contribution in [-0.4, -0.2) is 48.2 Å². The molecule has 1 unspecified atom stereocenters. The van der Waals surface area contributed by atoms with Crippen molar-refractivity contribution in [3.63, 3.8) is 0 Å².